The largest absolute Gasteiger partial charge is 0.367 e. The Morgan fingerprint density at radius 1 is 1.53 bits per heavy atom. The van der Waals surface area contributed by atoms with Gasteiger partial charge in [-0.2, -0.15) is 0 Å². The maximum absolute atomic E-state index is 12.0. The van der Waals surface area contributed by atoms with Gasteiger partial charge in [0.05, 0.1) is 0 Å². The number of rotatable bonds is 5. The lowest BCUT2D eigenvalue weighted by Crippen LogP contribution is -2.42. The molecule has 1 aromatic heterocycles. The van der Waals surface area contributed by atoms with Gasteiger partial charge >= 0.3 is 0 Å². The number of anilines is 1. The molecule has 1 aromatic rings. The summed E-state index contributed by atoms with van der Waals surface area (Å²) in [6.07, 6.45) is 8.84. The second-order valence-corrected chi connectivity index (χ2v) is 5.28. The number of carbonyl (C=O) groups excluding carboxylic acids is 1. The van der Waals surface area contributed by atoms with E-state index >= 15 is 0 Å². The molecule has 106 valence electrons. The van der Waals surface area contributed by atoms with Crippen LogP contribution in [0.3, 0.4) is 0 Å². The number of nitrogens with one attached hydrogen (secondary N) is 1. The highest BCUT2D eigenvalue weighted by molar-refractivity contribution is 5.75. The van der Waals surface area contributed by atoms with Crippen LogP contribution in [0.4, 0.5) is 5.95 Å². The van der Waals surface area contributed by atoms with Gasteiger partial charge in [-0.1, -0.05) is 26.2 Å². The number of amides is 1. The van der Waals surface area contributed by atoms with E-state index in [4.69, 9.17) is 5.73 Å². The van der Waals surface area contributed by atoms with Crippen LogP contribution >= 0.6 is 0 Å². The number of nitrogens with two attached hydrogens (primary N) is 1. The molecule has 1 saturated carbocycles. The lowest BCUT2D eigenvalue weighted by Gasteiger charge is -2.30. The van der Waals surface area contributed by atoms with Crippen LogP contribution in [0.1, 0.15) is 45.4 Å². The molecular weight excluding hydrogens is 242 g/mol. The summed E-state index contributed by atoms with van der Waals surface area (Å²) in [6.45, 7) is 2.32. The smallest absolute Gasteiger partial charge is 0.242 e. The van der Waals surface area contributed by atoms with Crippen molar-refractivity contribution < 1.29 is 4.79 Å². The van der Waals surface area contributed by atoms with Crippen molar-refractivity contribution in [3.8, 4) is 0 Å². The Morgan fingerprint density at radius 2 is 2.26 bits per heavy atom. The van der Waals surface area contributed by atoms with E-state index in [-0.39, 0.29) is 24.4 Å². The van der Waals surface area contributed by atoms with Gasteiger partial charge in [0, 0.05) is 6.04 Å². The van der Waals surface area contributed by atoms with E-state index in [1.54, 1.807) is 0 Å². The fourth-order valence-corrected chi connectivity index (χ4v) is 2.87. The zero-order valence-corrected chi connectivity index (χ0v) is 11.5. The molecule has 6 nitrogen and oxygen atoms in total. The van der Waals surface area contributed by atoms with Crippen molar-refractivity contribution in [1.29, 1.82) is 0 Å². The Morgan fingerprint density at radius 3 is 2.84 bits per heavy atom. The van der Waals surface area contributed by atoms with Crippen molar-refractivity contribution in [3.05, 3.63) is 6.33 Å². The molecule has 1 heterocycles. The second-order valence-electron chi connectivity index (χ2n) is 5.28. The zero-order valence-electron chi connectivity index (χ0n) is 11.5. The van der Waals surface area contributed by atoms with Crippen LogP contribution in [0.15, 0.2) is 6.33 Å². The van der Waals surface area contributed by atoms with Gasteiger partial charge in [-0.05, 0) is 25.2 Å². The van der Waals surface area contributed by atoms with Gasteiger partial charge in [0.2, 0.25) is 11.9 Å². The van der Waals surface area contributed by atoms with Crippen LogP contribution in [0, 0.1) is 5.92 Å². The third kappa shape index (κ3) is 3.94. The van der Waals surface area contributed by atoms with Gasteiger partial charge in [-0.15, -0.1) is 5.10 Å². The van der Waals surface area contributed by atoms with Gasteiger partial charge in [0.1, 0.15) is 12.9 Å². The van der Waals surface area contributed by atoms with Crippen molar-refractivity contribution >= 4 is 11.9 Å². The van der Waals surface area contributed by atoms with Gasteiger partial charge in [-0.25, -0.2) is 9.67 Å². The first-order valence-corrected chi connectivity index (χ1v) is 7.13. The molecule has 0 spiro atoms. The summed E-state index contributed by atoms with van der Waals surface area (Å²) in [5.41, 5.74) is 5.42. The number of hydrogen-bond donors (Lipinski definition) is 2. The first-order valence-electron chi connectivity index (χ1n) is 7.13. The number of nitrogen functional groups attached to an aromatic ring is 1. The normalized spacial score (nSPS) is 18.2. The summed E-state index contributed by atoms with van der Waals surface area (Å²) in [4.78, 5) is 15.8. The Hall–Kier alpha value is -1.59. The zero-order chi connectivity index (χ0) is 13.7. The van der Waals surface area contributed by atoms with Crippen LogP contribution in [-0.4, -0.2) is 26.7 Å². The van der Waals surface area contributed by atoms with E-state index in [1.165, 1.54) is 43.1 Å². The highest BCUT2D eigenvalue weighted by Crippen LogP contribution is 2.27. The molecule has 6 heteroatoms. The minimum atomic E-state index is -0.0117. The maximum Gasteiger partial charge on any atom is 0.242 e. The number of carbonyl (C=O) groups is 1. The van der Waals surface area contributed by atoms with Crippen LogP contribution in [0.5, 0.6) is 0 Å². The quantitative estimate of drug-likeness (QED) is 0.841. The highest BCUT2D eigenvalue weighted by atomic mass is 16.2. The molecule has 1 amide bonds. The molecule has 1 unspecified atom stereocenters. The summed E-state index contributed by atoms with van der Waals surface area (Å²) >= 11 is 0. The fourth-order valence-electron chi connectivity index (χ4n) is 2.87. The van der Waals surface area contributed by atoms with Gasteiger partial charge < -0.3 is 11.1 Å². The van der Waals surface area contributed by atoms with E-state index in [0.717, 1.165) is 6.42 Å². The monoisotopic (exact) mass is 265 g/mol. The molecule has 0 aromatic carbocycles. The number of nitrogens with zero attached hydrogens (tertiary/aromatic N) is 3. The van der Waals surface area contributed by atoms with Crippen LogP contribution in [-0.2, 0) is 11.3 Å². The highest BCUT2D eigenvalue weighted by Gasteiger charge is 2.23. The third-order valence-corrected chi connectivity index (χ3v) is 3.86. The van der Waals surface area contributed by atoms with E-state index in [2.05, 4.69) is 22.3 Å². The first-order chi connectivity index (χ1) is 9.19. The van der Waals surface area contributed by atoms with Gasteiger partial charge in [-0.3, -0.25) is 4.79 Å². The summed E-state index contributed by atoms with van der Waals surface area (Å²) < 4.78 is 1.47. The predicted octanol–water partition coefficient (Wildman–Crippen LogP) is 1.34. The lowest BCUT2D eigenvalue weighted by atomic mass is 9.83. The fraction of sp³-hybridized carbons (Fsp3) is 0.769. The van der Waals surface area contributed by atoms with E-state index in [9.17, 15) is 4.79 Å². The maximum atomic E-state index is 12.0. The second kappa shape index (κ2) is 6.54. The minimum Gasteiger partial charge on any atom is -0.367 e. The van der Waals surface area contributed by atoms with Crippen molar-refractivity contribution in [2.75, 3.05) is 5.73 Å². The molecule has 0 bridgehead atoms. The Balaban J connectivity index is 1.85. The molecule has 19 heavy (non-hydrogen) atoms. The van der Waals surface area contributed by atoms with E-state index < -0.39 is 0 Å². The molecule has 0 radical (unpaired) electrons. The SMILES string of the molecule is CCC(NC(=O)Cn1cnc(N)n1)C1CCCCC1. The van der Waals surface area contributed by atoms with E-state index in [1.807, 2.05) is 0 Å². The summed E-state index contributed by atoms with van der Waals surface area (Å²) in [7, 11) is 0. The Labute approximate surface area is 113 Å². The molecule has 3 N–H and O–H groups in total. The summed E-state index contributed by atoms with van der Waals surface area (Å²) in [5.74, 6) is 0.818. The molecule has 0 aliphatic heterocycles. The minimum absolute atomic E-state index is 0.0117. The van der Waals surface area contributed by atoms with Crippen LogP contribution < -0.4 is 11.1 Å². The molecule has 0 saturated heterocycles. The number of hydrogen-bond acceptors (Lipinski definition) is 4. The molecule has 1 aliphatic carbocycles. The van der Waals surface area contributed by atoms with E-state index in [0.29, 0.717) is 5.92 Å². The Bertz CT molecular complexity index is 411. The standard InChI is InChI=1S/C13H23N5O/c1-2-11(10-6-4-3-5-7-10)16-12(19)8-18-9-15-13(14)17-18/h9-11H,2-8H2,1H3,(H2,14,17)(H,16,19). The molecule has 2 rings (SSSR count). The molecular formula is C13H23N5O. The average Bonchev–Trinajstić information content (AvgIpc) is 2.82. The van der Waals surface area contributed by atoms with Crippen molar-refractivity contribution in [2.24, 2.45) is 5.92 Å². The summed E-state index contributed by atoms with van der Waals surface area (Å²) in [6, 6.07) is 0.286. The molecule has 1 fully saturated rings. The van der Waals surface area contributed by atoms with Crippen LogP contribution in [0.2, 0.25) is 0 Å². The van der Waals surface area contributed by atoms with Crippen molar-refractivity contribution in [3.63, 3.8) is 0 Å². The van der Waals surface area contributed by atoms with Crippen LogP contribution in [0.25, 0.3) is 0 Å². The lowest BCUT2D eigenvalue weighted by molar-refractivity contribution is -0.123. The topological polar surface area (TPSA) is 85.8 Å². The average molecular weight is 265 g/mol. The van der Waals surface area contributed by atoms with Crippen molar-refractivity contribution in [1.82, 2.24) is 20.1 Å². The first kappa shape index (κ1) is 13.8. The molecule has 1 atom stereocenters. The number of aromatic nitrogens is 3. The predicted molar refractivity (Wildman–Crippen MR) is 73.2 cm³/mol. The van der Waals surface area contributed by atoms with Gasteiger partial charge in [0.25, 0.3) is 0 Å². The summed E-state index contributed by atoms with van der Waals surface area (Å²) in [5, 5.41) is 7.04. The Kier molecular flexibility index (Phi) is 4.76. The van der Waals surface area contributed by atoms with Gasteiger partial charge in [0.15, 0.2) is 0 Å². The third-order valence-electron chi connectivity index (χ3n) is 3.86. The van der Waals surface area contributed by atoms with Crippen molar-refractivity contribution in [2.45, 2.75) is 58.0 Å². The molecule has 1 aliphatic rings.